The highest BCUT2D eigenvalue weighted by Gasteiger charge is 2.63. The minimum atomic E-state index is -1.72. The molecule has 0 radical (unpaired) electrons. The SMILES string of the molecule is CCSC1CCCCC1(CCOC(=O)OCC(Cl)(Cl)Cl)[C@@H]1C(=O)N2C(C(=O)O)=CN[C@@H]12. The minimum absolute atomic E-state index is 0.0385. The van der Waals surface area contributed by atoms with E-state index in [1.165, 1.54) is 11.1 Å². The Labute approximate surface area is 199 Å². The van der Waals surface area contributed by atoms with Crippen LogP contribution in [-0.4, -0.2) is 62.2 Å². The lowest BCUT2D eigenvalue weighted by Crippen LogP contribution is -2.69. The smallest absolute Gasteiger partial charge is 0.477 e. The molecule has 1 saturated heterocycles. The first-order chi connectivity index (χ1) is 14.6. The number of nitrogens with one attached hydrogen (secondary N) is 1. The molecule has 3 aliphatic rings. The van der Waals surface area contributed by atoms with Crippen LogP contribution < -0.4 is 5.32 Å². The van der Waals surface area contributed by atoms with Gasteiger partial charge in [0.25, 0.3) is 0 Å². The molecule has 2 fully saturated rings. The number of hydrogen-bond donors (Lipinski definition) is 2. The van der Waals surface area contributed by atoms with Crippen LogP contribution >= 0.6 is 46.6 Å². The number of hydrogen-bond acceptors (Lipinski definition) is 7. The van der Waals surface area contributed by atoms with Crippen LogP contribution in [0.2, 0.25) is 0 Å². The van der Waals surface area contributed by atoms with Crippen LogP contribution in [0.5, 0.6) is 0 Å². The van der Waals surface area contributed by atoms with Crippen molar-refractivity contribution in [2.75, 3.05) is 19.0 Å². The monoisotopic (exact) mass is 514 g/mol. The molecule has 0 spiro atoms. The molecule has 0 aromatic carbocycles. The second kappa shape index (κ2) is 9.85. The number of aliphatic carboxylic acids is 1. The van der Waals surface area contributed by atoms with Crippen LogP contribution in [0.15, 0.2) is 11.9 Å². The van der Waals surface area contributed by atoms with Gasteiger partial charge < -0.3 is 19.9 Å². The molecule has 2 aliphatic heterocycles. The zero-order chi connectivity index (χ0) is 22.8. The Morgan fingerprint density at radius 1 is 1.35 bits per heavy atom. The molecule has 3 rings (SSSR count). The number of carbonyl (C=O) groups is 3. The van der Waals surface area contributed by atoms with E-state index in [9.17, 15) is 19.5 Å². The van der Waals surface area contributed by atoms with Gasteiger partial charge in [-0.3, -0.25) is 9.69 Å². The van der Waals surface area contributed by atoms with E-state index in [1.807, 2.05) is 0 Å². The molecule has 12 heteroatoms. The van der Waals surface area contributed by atoms with Gasteiger partial charge in [0.15, 0.2) is 0 Å². The van der Waals surface area contributed by atoms with Gasteiger partial charge in [0.2, 0.25) is 9.70 Å². The largest absolute Gasteiger partial charge is 0.508 e. The third-order valence-corrected chi connectivity index (χ3v) is 7.86. The van der Waals surface area contributed by atoms with Crippen molar-refractivity contribution in [2.45, 2.75) is 54.2 Å². The topological polar surface area (TPSA) is 105 Å². The summed E-state index contributed by atoms with van der Waals surface area (Å²) in [5.41, 5.74) is -0.468. The van der Waals surface area contributed by atoms with Gasteiger partial charge in [-0.05, 0) is 25.0 Å². The molecular formula is C19H25Cl3N2O6S. The average Bonchev–Trinajstić information content (AvgIpc) is 3.07. The number of carbonyl (C=O) groups excluding carboxylic acids is 2. The molecule has 1 amide bonds. The quantitative estimate of drug-likeness (QED) is 0.285. The van der Waals surface area contributed by atoms with Crippen LogP contribution in [0.4, 0.5) is 4.79 Å². The number of rotatable bonds is 8. The second-order valence-electron chi connectivity index (χ2n) is 7.81. The van der Waals surface area contributed by atoms with Crippen LogP contribution in [0.25, 0.3) is 0 Å². The number of carboxylic acids is 1. The van der Waals surface area contributed by atoms with Gasteiger partial charge in [0, 0.05) is 16.9 Å². The number of alkyl halides is 3. The lowest BCUT2D eigenvalue weighted by atomic mass is 9.59. The first-order valence-corrected chi connectivity index (χ1v) is 12.3. The van der Waals surface area contributed by atoms with Gasteiger partial charge >= 0.3 is 12.1 Å². The predicted molar refractivity (Wildman–Crippen MR) is 118 cm³/mol. The van der Waals surface area contributed by atoms with Crippen molar-refractivity contribution < 1.29 is 29.0 Å². The summed E-state index contributed by atoms with van der Waals surface area (Å²) in [6.07, 6.45) is 4.27. The molecule has 2 N–H and O–H groups in total. The molecule has 1 aliphatic carbocycles. The van der Waals surface area contributed by atoms with Crippen LogP contribution in [0.1, 0.15) is 39.0 Å². The van der Waals surface area contributed by atoms with Crippen LogP contribution in [-0.2, 0) is 19.1 Å². The van der Waals surface area contributed by atoms with Crippen molar-refractivity contribution in [3.05, 3.63) is 11.9 Å². The lowest BCUT2D eigenvalue weighted by Gasteiger charge is -2.56. The van der Waals surface area contributed by atoms with Crippen molar-refractivity contribution in [2.24, 2.45) is 11.3 Å². The third-order valence-electron chi connectivity index (χ3n) is 6.09. The van der Waals surface area contributed by atoms with Crippen molar-refractivity contribution >= 4 is 64.6 Å². The van der Waals surface area contributed by atoms with Crippen molar-refractivity contribution in [3.63, 3.8) is 0 Å². The maximum atomic E-state index is 13.1. The summed E-state index contributed by atoms with van der Waals surface area (Å²) in [4.78, 5) is 37.7. The minimum Gasteiger partial charge on any atom is -0.477 e. The molecule has 1 saturated carbocycles. The van der Waals surface area contributed by atoms with E-state index >= 15 is 0 Å². The van der Waals surface area contributed by atoms with E-state index in [2.05, 4.69) is 12.2 Å². The van der Waals surface area contributed by atoms with Gasteiger partial charge in [0.05, 0.1) is 12.5 Å². The molecule has 2 unspecified atom stereocenters. The third kappa shape index (κ3) is 5.15. The zero-order valence-electron chi connectivity index (χ0n) is 16.9. The summed E-state index contributed by atoms with van der Waals surface area (Å²) in [6, 6.07) is 0. The molecule has 4 atom stereocenters. The number of halogens is 3. The molecule has 8 nitrogen and oxygen atoms in total. The highest BCUT2D eigenvalue weighted by molar-refractivity contribution is 7.99. The Morgan fingerprint density at radius 2 is 2.10 bits per heavy atom. The maximum Gasteiger partial charge on any atom is 0.508 e. The van der Waals surface area contributed by atoms with E-state index in [-0.39, 0.29) is 23.5 Å². The summed E-state index contributed by atoms with van der Waals surface area (Å²) < 4.78 is 8.30. The molecule has 2 heterocycles. The number of β-lactam (4-membered cyclic amide) rings is 1. The highest BCUT2D eigenvalue weighted by atomic mass is 35.6. The van der Waals surface area contributed by atoms with Gasteiger partial charge in [-0.2, -0.15) is 11.8 Å². The average molecular weight is 516 g/mol. The summed E-state index contributed by atoms with van der Waals surface area (Å²) in [5, 5.41) is 12.6. The van der Waals surface area contributed by atoms with Gasteiger partial charge in [-0.25, -0.2) is 9.59 Å². The maximum absolute atomic E-state index is 13.1. The molecule has 0 aromatic rings. The first-order valence-electron chi connectivity index (χ1n) is 10.1. The fourth-order valence-electron chi connectivity index (χ4n) is 4.87. The molecule has 31 heavy (non-hydrogen) atoms. The number of ether oxygens (including phenoxy) is 2. The van der Waals surface area contributed by atoms with E-state index < -0.39 is 40.0 Å². The number of nitrogens with zero attached hydrogens (tertiary/aromatic N) is 1. The van der Waals surface area contributed by atoms with Gasteiger partial charge in [0.1, 0.15) is 18.5 Å². The molecule has 0 bridgehead atoms. The summed E-state index contributed by atoms with van der Waals surface area (Å²) in [5.74, 6) is -0.851. The Bertz CT molecular complexity index is 759. The fraction of sp³-hybridized carbons (Fsp3) is 0.737. The molecule has 0 aromatic heterocycles. The number of amides is 1. The first kappa shape index (κ1) is 24.6. The molecule has 174 valence electrons. The van der Waals surface area contributed by atoms with E-state index in [0.717, 1.165) is 31.4 Å². The van der Waals surface area contributed by atoms with E-state index in [1.54, 1.807) is 11.8 Å². The van der Waals surface area contributed by atoms with E-state index in [0.29, 0.717) is 6.42 Å². The Balaban J connectivity index is 1.73. The summed E-state index contributed by atoms with van der Waals surface area (Å²) in [7, 11) is 0. The summed E-state index contributed by atoms with van der Waals surface area (Å²) in [6.45, 7) is 1.69. The Kier molecular flexibility index (Phi) is 7.82. The predicted octanol–water partition coefficient (Wildman–Crippen LogP) is 3.90. The Hall–Kier alpha value is -1.03. The number of fused-ring (bicyclic) bond motifs is 1. The van der Waals surface area contributed by atoms with Gasteiger partial charge in [-0.1, -0.05) is 54.6 Å². The fourth-order valence-corrected chi connectivity index (χ4v) is 6.49. The normalized spacial score (nSPS) is 30.1. The molecular weight excluding hydrogens is 491 g/mol. The Morgan fingerprint density at radius 3 is 2.74 bits per heavy atom. The van der Waals surface area contributed by atoms with E-state index in [4.69, 9.17) is 44.3 Å². The van der Waals surface area contributed by atoms with Crippen molar-refractivity contribution in [1.82, 2.24) is 10.2 Å². The number of carboxylic acid groups (broad SMARTS) is 1. The van der Waals surface area contributed by atoms with Crippen LogP contribution in [0.3, 0.4) is 0 Å². The summed E-state index contributed by atoms with van der Waals surface area (Å²) >= 11 is 18.5. The lowest BCUT2D eigenvalue weighted by molar-refractivity contribution is -0.168. The highest BCUT2D eigenvalue weighted by Crippen LogP contribution is 2.56. The zero-order valence-corrected chi connectivity index (χ0v) is 20.0. The van der Waals surface area contributed by atoms with Crippen molar-refractivity contribution in [1.29, 1.82) is 0 Å². The number of thioether (sulfide) groups is 1. The second-order valence-corrected chi connectivity index (χ2v) is 11.8. The van der Waals surface area contributed by atoms with Crippen molar-refractivity contribution in [3.8, 4) is 0 Å². The van der Waals surface area contributed by atoms with Crippen LogP contribution in [0, 0.1) is 11.3 Å². The van der Waals surface area contributed by atoms with Gasteiger partial charge in [-0.15, -0.1) is 0 Å². The standard InChI is InChI=1S/C19H25Cl3N2O6S/c1-2-31-12-5-3-4-6-18(12,7-8-29-17(28)30-10-19(20,21)22)13-14-23-9-11(16(26)27)24(14)15(13)25/h9,12-14,23H,2-8,10H2,1H3,(H,26,27)/t12?,13-,14+,18?/m0/s1.